The Labute approximate surface area is 164 Å². The molecule has 1 aromatic carbocycles. The number of morpholine rings is 1. The molecule has 10 heteroatoms. The first kappa shape index (κ1) is 23.5. The van der Waals surface area contributed by atoms with Gasteiger partial charge in [-0.25, -0.2) is 4.79 Å². The Kier molecular flexibility index (Phi) is 8.51. The highest BCUT2D eigenvalue weighted by molar-refractivity contribution is 7.85. The van der Waals surface area contributed by atoms with E-state index in [0.717, 1.165) is 30.3 Å². The predicted molar refractivity (Wildman–Crippen MR) is 102 cm³/mol. The van der Waals surface area contributed by atoms with Gasteiger partial charge in [-0.2, -0.15) is 8.42 Å². The molecule has 3 N–H and O–H groups in total. The second-order valence-corrected chi connectivity index (χ2v) is 7.51. The van der Waals surface area contributed by atoms with Gasteiger partial charge in [0.05, 0.1) is 17.6 Å². The van der Waals surface area contributed by atoms with Gasteiger partial charge < -0.3 is 20.1 Å². The number of aliphatic carboxylic acids is 1. The van der Waals surface area contributed by atoms with Crippen LogP contribution in [0.15, 0.2) is 48.0 Å². The van der Waals surface area contributed by atoms with Crippen LogP contribution in [0.5, 0.6) is 0 Å². The van der Waals surface area contributed by atoms with Crippen LogP contribution in [0, 0.1) is 6.92 Å². The Bertz CT molecular complexity index is 865. The van der Waals surface area contributed by atoms with Crippen LogP contribution in [0.3, 0.4) is 0 Å². The van der Waals surface area contributed by atoms with Crippen molar-refractivity contribution in [1.29, 1.82) is 0 Å². The van der Waals surface area contributed by atoms with E-state index in [1.807, 2.05) is 19.3 Å². The average Bonchev–Trinajstić information content (AvgIpc) is 2.61. The molecule has 1 aliphatic heterocycles. The summed E-state index contributed by atoms with van der Waals surface area (Å²) in [4.78, 5) is 22.4. The van der Waals surface area contributed by atoms with Crippen molar-refractivity contribution in [1.82, 2.24) is 10.2 Å². The molecule has 1 aromatic rings. The van der Waals surface area contributed by atoms with Gasteiger partial charge in [0, 0.05) is 13.1 Å². The Balaban J connectivity index is 0.000000336. The molecule has 1 saturated heterocycles. The van der Waals surface area contributed by atoms with Crippen molar-refractivity contribution in [3.05, 3.63) is 54.3 Å². The molecule has 0 spiro atoms. The maximum absolute atomic E-state index is 11.1. The second kappa shape index (κ2) is 10.1. The molecule has 0 bridgehead atoms. The molecule has 1 heterocycles. The van der Waals surface area contributed by atoms with Gasteiger partial charge in [-0.15, -0.1) is 0 Å². The number of benzene rings is 1. The lowest BCUT2D eigenvalue weighted by molar-refractivity contribution is -0.134. The number of hydrogen-bond donors (Lipinski definition) is 3. The van der Waals surface area contributed by atoms with Crippen LogP contribution in [-0.4, -0.2) is 61.6 Å². The quantitative estimate of drug-likeness (QED) is 0.484. The molecule has 1 amide bonds. The smallest absolute Gasteiger partial charge is 0.351 e. The number of rotatable bonds is 5. The van der Waals surface area contributed by atoms with E-state index >= 15 is 0 Å². The number of carboxylic acid groups (broad SMARTS) is 1. The lowest BCUT2D eigenvalue weighted by Gasteiger charge is -2.31. The minimum Gasteiger partial charge on any atom is -0.477 e. The number of aryl methyl sites for hydroxylation is 1. The summed E-state index contributed by atoms with van der Waals surface area (Å²) < 4.78 is 37.0. The molecular weight excluding hydrogens is 388 g/mol. The minimum atomic E-state index is -4.16. The van der Waals surface area contributed by atoms with Crippen LogP contribution >= 0.6 is 0 Å². The molecule has 0 aliphatic carbocycles. The zero-order chi connectivity index (χ0) is 21.5. The highest BCUT2D eigenvalue weighted by Crippen LogP contribution is 2.26. The van der Waals surface area contributed by atoms with Crippen molar-refractivity contribution >= 4 is 22.0 Å². The minimum absolute atomic E-state index is 0.0834. The molecule has 1 unspecified atom stereocenters. The second-order valence-electron chi connectivity index (χ2n) is 6.09. The zero-order valence-corrected chi connectivity index (χ0v) is 16.5. The third kappa shape index (κ3) is 7.24. The van der Waals surface area contributed by atoms with E-state index < -0.39 is 22.0 Å². The van der Waals surface area contributed by atoms with E-state index in [-0.39, 0.29) is 16.7 Å². The van der Waals surface area contributed by atoms with Gasteiger partial charge in [0.2, 0.25) is 5.91 Å². The van der Waals surface area contributed by atoms with Crippen molar-refractivity contribution in [3.63, 3.8) is 0 Å². The SMILES string of the molecule is C=CC(=O)NC(=C)C(=O)O.Cc1ccc(S(=O)(=O)O)cc1C1CN(C)CCO1. The van der Waals surface area contributed by atoms with Crippen LogP contribution in [0.2, 0.25) is 0 Å². The summed E-state index contributed by atoms with van der Waals surface area (Å²) >= 11 is 0. The maximum Gasteiger partial charge on any atom is 0.351 e. The van der Waals surface area contributed by atoms with Gasteiger partial charge >= 0.3 is 5.97 Å². The first-order valence-electron chi connectivity index (χ1n) is 8.19. The standard InChI is InChI=1S/C12H17NO4S.C6H7NO3/c1-9-3-4-10(18(14,15)16)7-11(9)12-8-13(2)5-6-17-12;1-3-5(8)7-4(2)6(9)10/h3-4,7,12H,5-6,8H2,1-2H3,(H,14,15,16);3H,1-2H2,(H,7,8)(H,9,10). The first-order valence-corrected chi connectivity index (χ1v) is 9.63. The number of likely N-dealkylation sites (N-methyl/N-ethyl adjacent to an activating group) is 1. The van der Waals surface area contributed by atoms with Gasteiger partial charge in [0.15, 0.2) is 0 Å². The van der Waals surface area contributed by atoms with Crippen molar-refractivity contribution in [2.75, 3.05) is 26.7 Å². The third-order valence-corrected chi connectivity index (χ3v) is 4.73. The molecule has 0 radical (unpaired) electrons. The average molecular weight is 412 g/mol. The largest absolute Gasteiger partial charge is 0.477 e. The molecule has 1 aliphatic rings. The number of carboxylic acids is 1. The van der Waals surface area contributed by atoms with Crippen LogP contribution < -0.4 is 5.32 Å². The molecule has 0 saturated carbocycles. The Morgan fingerprint density at radius 2 is 2.04 bits per heavy atom. The summed E-state index contributed by atoms with van der Waals surface area (Å²) in [5.74, 6) is -1.83. The van der Waals surface area contributed by atoms with Crippen molar-refractivity contribution < 1.29 is 32.4 Å². The van der Waals surface area contributed by atoms with Crippen LogP contribution in [0.25, 0.3) is 0 Å². The molecule has 28 heavy (non-hydrogen) atoms. The summed E-state index contributed by atoms with van der Waals surface area (Å²) in [5, 5.41) is 10.2. The van der Waals surface area contributed by atoms with E-state index in [1.54, 1.807) is 6.07 Å². The van der Waals surface area contributed by atoms with Crippen LogP contribution in [0.4, 0.5) is 0 Å². The van der Waals surface area contributed by atoms with Gasteiger partial charge in [-0.1, -0.05) is 19.2 Å². The fourth-order valence-corrected chi connectivity index (χ4v) is 2.86. The number of carbonyl (C=O) groups is 2. The highest BCUT2D eigenvalue weighted by atomic mass is 32.2. The van der Waals surface area contributed by atoms with Crippen LogP contribution in [-0.2, 0) is 24.4 Å². The molecule has 1 fully saturated rings. The number of nitrogens with one attached hydrogen (secondary N) is 1. The summed E-state index contributed by atoms with van der Waals surface area (Å²) in [7, 11) is -2.17. The summed E-state index contributed by atoms with van der Waals surface area (Å²) in [6, 6.07) is 4.59. The molecule has 9 nitrogen and oxygen atoms in total. The monoisotopic (exact) mass is 412 g/mol. The first-order chi connectivity index (χ1) is 13.0. The van der Waals surface area contributed by atoms with E-state index in [9.17, 15) is 18.0 Å². The number of amides is 1. The van der Waals surface area contributed by atoms with Crippen molar-refractivity contribution in [2.45, 2.75) is 17.9 Å². The Hall–Kier alpha value is -2.53. The lowest BCUT2D eigenvalue weighted by atomic mass is 10.0. The van der Waals surface area contributed by atoms with Gasteiger partial charge in [0.25, 0.3) is 10.1 Å². The summed E-state index contributed by atoms with van der Waals surface area (Å²) in [6.45, 7) is 10.3. The highest BCUT2D eigenvalue weighted by Gasteiger charge is 2.22. The number of ether oxygens (including phenoxy) is 1. The van der Waals surface area contributed by atoms with E-state index in [2.05, 4.69) is 18.1 Å². The van der Waals surface area contributed by atoms with E-state index in [1.165, 1.54) is 12.1 Å². The predicted octanol–water partition coefficient (Wildman–Crippen LogP) is 1.13. The fraction of sp³-hybridized carbons (Fsp3) is 0.333. The third-order valence-electron chi connectivity index (χ3n) is 3.88. The van der Waals surface area contributed by atoms with Gasteiger partial charge in [-0.05, 0) is 43.3 Å². The Morgan fingerprint density at radius 1 is 1.39 bits per heavy atom. The maximum atomic E-state index is 11.1. The topological polar surface area (TPSA) is 133 Å². The number of hydrogen-bond acceptors (Lipinski definition) is 6. The van der Waals surface area contributed by atoms with Gasteiger partial charge in [-0.3, -0.25) is 9.35 Å². The number of carbonyl (C=O) groups excluding carboxylic acids is 1. The summed E-state index contributed by atoms with van der Waals surface area (Å²) in [5.41, 5.74) is 1.42. The zero-order valence-electron chi connectivity index (χ0n) is 15.7. The summed E-state index contributed by atoms with van der Waals surface area (Å²) in [6.07, 6.45) is 0.819. The normalized spacial score (nSPS) is 17.0. The van der Waals surface area contributed by atoms with E-state index in [0.29, 0.717) is 6.61 Å². The van der Waals surface area contributed by atoms with Gasteiger partial charge in [0.1, 0.15) is 5.70 Å². The lowest BCUT2D eigenvalue weighted by Crippen LogP contribution is -2.35. The fourth-order valence-electron chi connectivity index (χ4n) is 2.35. The molecule has 1 atom stereocenters. The van der Waals surface area contributed by atoms with Crippen LogP contribution in [0.1, 0.15) is 17.2 Å². The van der Waals surface area contributed by atoms with Crippen molar-refractivity contribution in [2.24, 2.45) is 0 Å². The molecular formula is C18H24N2O7S. The van der Waals surface area contributed by atoms with E-state index in [4.69, 9.17) is 14.4 Å². The molecule has 154 valence electrons. The number of nitrogens with zero attached hydrogens (tertiary/aromatic N) is 1. The molecule has 0 aromatic heterocycles. The van der Waals surface area contributed by atoms with Crippen molar-refractivity contribution in [3.8, 4) is 0 Å². The Morgan fingerprint density at radius 3 is 2.54 bits per heavy atom. The molecule has 2 rings (SSSR count).